The van der Waals surface area contributed by atoms with Crippen molar-refractivity contribution in [3.63, 3.8) is 0 Å². The van der Waals surface area contributed by atoms with Crippen LogP contribution in [-0.2, 0) is 16.1 Å². The van der Waals surface area contributed by atoms with E-state index >= 15 is 0 Å². The van der Waals surface area contributed by atoms with Crippen LogP contribution >= 0.6 is 0 Å². The quantitative estimate of drug-likeness (QED) is 0.853. The summed E-state index contributed by atoms with van der Waals surface area (Å²) in [5, 5.41) is 1.81. The smallest absolute Gasteiger partial charge is 0.330 e. The topological polar surface area (TPSA) is 45.7 Å². The van der Waals surface area contributed by atoms with Crippen molar-refractivity contribution in [2.75, 3.05) is 27.2 Å². The van der Waals surface area contributed by atoms with Crippen LogP contribution in [0.2, 0.25) is 0 Å². The van der Waals surface area contributed by atoms with Crippen molar-refractivity contribution >= 4 is 5.97 Å². The van der Waals surface area contributed by atoms with Gasteiger partial charge in [0.05, 0.1) is 5.41 Å². The number of likely N-dealkylation sites (N-methyl/N-ethyl adjacent to an activating group) is 1. The molecule has 1 aromatic heterocycles. The Morgan fingerprint density at radius 3 is 2.43 bits per heavy atom. The van der Waals surface area contributed by atoms with Crippen LogP contribution in [0.1, 0.15) is 39.3 Å². The minimum atomic E-state index is -0.468. The lowest BCUT2D eigenvalue weighted by molar-refractivity contribution is -0.209. The zero-order valence-electron chi connectivity index (χ0n) is 15.0. The number of piperidine rings is 1. The van der Waals surface area contributed by atoms with Crippen molar-refractivity contribution in [1.29, 1.82) is 0 Å². The third-order valence-corrected chi connectivity index (χ3v) is 4.66. The molecule has 23 heavy (non-hydrogen) atoms. The molecule has 1 saturated heterocycles. The van der Waals surface area contributed by atoms with E-state index in [9.17, 15) is 4.79 Å². The number of nitrogens with zero attached hydrogens (tertiary/aromatic N) is 3. The molecule has 0 amide bonds. The molecule has 0 spiro atoms. The molecule has 0 N–H and O–H groups in total. The molecule has 0 aliphatic carbocycles. The molecule has 0 saturated carbocycles. The second-order valence-corrected chi connectivity index (χ2v) is 7.67. The van der Waals surface area contributed by atoms with Crippen LogP contribution < -0.4 is 0 Å². The lowest BCUT2D eigenvalue weighted by atomic mass is 9.82. The Morgan fingerprint density at radius 2 is 1.96 bits per heavy atom. The molecule has 1 fully saturated rings. The SMILES string of the molecule is CN(C)C1(Cc2ccccn2)CCN(OC(=O)C(C)(C)C)CC1. The highest BCUT2D eigenvalue weighted by molar-refractivity contribution is 5.75. The highest BCUT2D eigenvalue weighted by atomic mass is 16.7. The summed E-state index contributed by atoms with van der Waals surface area (Å²) in [5.74, 6) is -0.167. The number of rotatable bonds is 4. The molecule has 0 unspecified atom stereocenters. The Kier molecular flexibility index (Phi) is 5.42. The fourth-order valence-corrected chi connectivity index (χ4v) is 2.87. The summed E-state index contributed by atoms with van der Waals surface area (Å²) >= 11 is 0. The van der Waals surface area contributed by atoms with Crippen molar-refractivity contribution in [2.45, 2.75) is 45.6 Å². The molecule has 1 aromatic rings. The lowest BCUT2D eigenvalue weighted by Gasteiger charge is -2.45. The third-order valence-electron chi connectivity index (χ3n) is 4.66. The molecule has 0 aromatic carbocycles. The van der Waals surface area contributed by atoms with Crippen molar-refractivity contribution in [2.24, 2.45) is 5.41 Å². The lowest BCUT2D eigenvalue weighted by Crippen LogP contribution is -2.54. The minimum Gasteiger partial charge on any atom is -0.367 e. The van der Waals surface area contributed by atoms with Gasteiger partial charge in [0, 0.05) is 36.9 Å². The van der Waals surface area contributed by atoms with E-state index in [1.54, 1.807) is 0 Å². The van der Waals surface area contributed by atoms with Gasteiger partial charge in [-0.2, -0.15) is 0 Å². The number of hydroxylamine groups is 2. The predicted molar refractivity (Wildman–Crippen MR) is 90.7 cm³/mol. The second kappa shape index (κ2) is 6.97. The van der Waals surface area contributed by atoms with Crippen LogP contribution in [-0.4, -0.2) is 53.6 Å². The van der Waals surface area contributed by atoms with Crippen molar-refractivity contribution < 1.29 is 9.63 Å². The maximum absolute atomic E-state index is 12.0. The van der Waals surface area contributed by atoms with E-state index in [1.807, 2.05) is 44.2 Å². The van der Waals surface area contributed by atoms with Crippen LogP contribution in [0.15, 0.2) is 24.4 Å². The zero-order chi connectivity index (χ0) is 17.1. The van der Waals surface area contributed by atoms with Gasteiger partial charge >= 0.3 is 5.97 Å². The summed E-state index contributed by atoms with van der Waals surface area (Å²) in [4.78, 5) is 24.3. The largest absolute Gasteiger partial charge is 0.367 e. The van der Waals surface area contributed by atoms with Gasteiger partial charge in [-0.1, -0.05) is 6.07 Å². The minimum absolute atomic E-state index is 0.0684. The van der Waals surface area contributed by atoms with E-state index in [1.165, 1.54) is 0 Å². The van der Waals surface area contributed by atoms with E-state index in [0.717, 1.165) is 38.0 Å². The summed E-state index contributed by atoms with van der Waals surface area (Å²) in [7, 11) is 4.25. The van der Waals surface area contributed by atoms with Crippen molar-refractivity contribution in [1.82, 2.24) is 14.9 Å². The molecular formula is C18H29N3O2. The van der Waals surface area contributed by atoms with E-state index < -0.39 is 5.41 Å². The van der Waals surface area contributed by atoms with Crippen LogP contribution in [0.3, 0.4) is 0 Å². The molecule has 0 atom stereocenters. The van der Waals surface area contributed by atoms with Gasteiger partial charge in [-0.25, -0.2) is 4.79 Å². The zero-order valence-corrected chi connectivity index (χ0v) is 15.0. The summed E-state index contributed by atoms with van der Waals surface area (Å²) < 4.78 is 0. The van der Waals surface area contributed by atoms with E-state index in [0.29, 0.717) is 0 Å². The van der Waals surface area contributed by atoms with Gasteiger partial charge in [0.1, 0.15) is 0 Å². The normalized spacial score (nSPS) is 18.9. The van der Waals surface area contributed by atoms with Crippen LogP contribution in [0.4, 0.5) is 0 Å². The highest BCUT2D eigenvalue weighted by Gasteiger charge is 2.38. The van der Waals surface area contributed by atoms with Gasteiger partial charge in [-0.05, 0) is 59.8 Å². The molecule has 2 rings (SSSR count). The van der Waals surface area contributed by atoms with Crippen LogP contribution in [0.25, 0.3) is 0 Å². The molecule has 0 bridgehead atoms. The van der Waals surface area contributed by atoms with Gasteiger partial charge in [0.25, 0.3) is 0 Å². The first-order valence-electron chi connectivity index (χ1n) is 8.28. The average Bonchev–Trinajstić information content (AvgIpc) is 2.49. The maximum Gasteiger partial charge on any atom is 0.330 e. The molecular weight excluding hydrogens is 290 g/mol. The number of carbonyl (C=O) groups is 1. The Balaban J connectivity index is 1.99. The summed E-state index contributed by atoms with van der Waals surface area (Å²) in [6.45, 7) is 7.15. The highest BCUT2D eigenvalue weighted by Crippen LogP contribution is 2.31. The Morgan fingerprint density at radius 1 is 1.30 bits per heavy atom. The predicted octanol–water partition coefficient (Wildman–Crippen LogP) is 2.52. The van der Waals surface area contributed by atoms with E-state index in [4.69, 9.17) is 4.84 Å². The number of pyridine rings is 1. The molecule has 5 nitrogen and oxygen atoms in total. The first kappa shape index (κ1) is 17.9. The van der Waals surface area contributed by atoms with Crippen molar-refractivity contribution in [3.05, 3.63) is 30.1 Å². The standard InChI is InChI=1S/C18H29N3O2/c1-17(2,3)16(22)23-21-12-9-18(10-13-21,20(4)5)14-15-8-6-7-11-19-15/h6-8,11H,9-10,12-14H2,1-5H3. The average molecular weight is 319 g/mol. The third kappa shape index (κ3) is 4.52. The fourth-order valence-electron chi connectivity index (χ4n) is 2.87. The number of hydrogen-bond donors (Lipinski definition) is 0. The monoisotopic (exact) mass is 319 g/mol. The molecule has 5 heteroatoms. The number of carbonyl (C=O) groups excluding carboxylic acids is 1. The molecule has 2 heterocycles. The number of aromatic nitrogens is 1. The fraction of sp³-hybridized carbons (Fsp3) is 0.667. The van der Waals surface area contributed by atoms with Gasteiger partial charge < -0.3 is 9.74 Å². The van der Waals surface area contributed by atoms with Gasteiger partial charge in [0.2, 0.25) is 0 Å². The van der Waals surface area contributed by atoms with Crippen LogP contribution in [0.5, 0.6) is 0 Å². The molecule has 1 aliphatic heterocycles. The first-order chi connectivity index (χ1) is 10.7. The second-order valence-electron chi connectivity index (χ2n) is 7.67. The van der Waals surface area contributed by atoms with E-state index in [2.05, 4.69) is 30.0 Å². The summed E-state index contributed by atoms with van der Waals surface area (Å²) in [5.41, 5.74) is 0.713. The molecule has 128 valence electrons. The van der Waals surface area contributed by atoms with Crippen LogP contribution in [0, 0.1) is 5.41 Å². The Hall–Kier alpha value is -1.46. The first-order valence-corrected chi connectivity index (χ1v) is 8.28. The Labute approximate surface area is 139 Å². The molecule has 1 aliphatic rings. The van der Waals surface area contributed by atoms with Gasteiger partial charge in [-0.15, -0.1) is 5.06 Å². The summed E-state index contributed by atoms with van der Waals surface area (Å²) in [6.07, 6.45) is 4.67. The molecule has 0 radical (unpaired) electrons. The Bertz CT molecular complexity index is 515. The van der Waals surface area contributed by atoms with Gasteiger partial charge in [-0.3, -0.25) is 4.98 Å². The van der Waals surface area contributed by atoms with E-state index in [-0.39, 0.29) is 11.5 Å². The van der Waals surface area contributed by atoms with Gasteiger partial charge in [0.15, 0.2) is 0 Å². The number of hydrogen-bond acceptors (Lipinski definition) is 5. The van der Waals surface area contributed by atoms with Crippen molar-refractivity contribution in [3.8, 4) is 0 Å². The summed E-state index contributed by atoms with van der Waals surface area (Å²) in [6, 6.07) is 6.06. The maximum atomic E-state index is 12.0.